The molecule has 5 heteroatoms. The van der Waals surface area contributed by atoms with Crippen molar-refractivity contribution in [1.82, 2.24) is 9.97 Å². The Balaban J connectivity index is 1.79. The van der Waals surface area contributed by atoms with Crippen LogP contribution in [-0.4, -0.2) is 27.5 Å². The molecule has 0 bridgehead atoms. The van der Waals surface area contributed by atoms with Crippen molar-refractivity contribution in [3.05, 3.63) is 28.7 Å². The van der Waals surface area contributed by atoms with Crippen LogP contribution < -0.4 is 11.0 Å². The Morgan fingerprint density at radius 3 is 2.89 bits per heavy atom. The molecule has 1 fully saturated rings. The fourth-order valence-corrected chi connectivity index (χ4v) is 3.99. The Morgan fingerprint density at radius 2 is 2.11 bits per heavy atom. The average molecular weight is 277 g/mol. The molecule has 0 aliphatic carbocycles. The van der Waals surface area contributed by atoms with E-state index in [2.05, 4.69) is 29.1 Å². The summed E-state index contributed by atoms with van der Waals surface area (Å²) in [7, 11) is 0. The first kappa shape index (κ1) is 12.7. The second-order valence-electron chi connectivity index (χ2n) is 6.06. The van der Waals surface area contributed by atoms with Crippen LogP contribution in [0, 0.1) is 5.41 Å². The molecule has 2 aromatic rings. The van der Waals surface area contributed by atoms with Gasteiger partial charge in [0.15, 0.2) is 0 Å². The molecule has 3 N–H and O–H groups in total. The van der Waals surface area contributed by atoms with Crippen molar-refractivity contribution < 1.29 is 0 Å². The molecule has 0 spiro atoms. The predicted octanol–water partition coefficient (Wildman–Crippen LogP) is 2.80. The number of benzene rings is 1. The molecule has 0 saturated carbocycles. The Morgan fingerprint density at radius 1 is 1.32 bits per heavy atom. The van der Waals surface area contributed by atoms with Gasteiger partial charge in [-0.3, -0.25) is 0 Å². The maximum Gasteiger partial charge on any atom is 0.323 e. The minimum absolute atomic E-state index is 0.151. The van der Waals surface area contributed by atoms with Crippen molar-refractivity contribution in [2.24, 2.45) is 5.41 Å². The molecule has 1 atom stereocenters. The summed E-state index contributed by atoms with van der Waals surface area (Å²) in [5, 5.41) is 3.58. The number of H-pyrrole nitrogens is 2. The van der Waals surface area contributed by atoms with Crippen LogP contribution in [0.3, 0.4) is 0 Å². The zero-order chi connectivity index (χ0) is 13.5. The SMILES string of the molecule is CC1(C)CSCC(Nc2ccc3[nH]c(=O)[nH]c3c2)C1. The van der Waals surface area contributed by atoms with Crippen LogP contribution in [0.15, 0.2) is 23.0 Å². The molecule has 1 aliphatic rings. The van der Waals surface area contributed by atoms with Gasteiger partial charge in [-0.1, -0.05) is 13.8 Å². The van der Waals surface area contributed by atoms with Gasteiger partial charge in [-0.2, -0.15) is 11.8 Å². The maximum absolute atomic E-state index is 11.2. The fraction of sp³-hybridized carbons (Fsp3) is 0.500. The molecule has 1 aromatic carbocycles. The lowest BCUT2D eigenvalue weighted by Crippen LogP contribution is -2.35. The van der Waals surface area contributed by atoms with Crippen molar-refractivity contribution in [3.8, 4) is 0 Å². The summed E-state index contributed by atoms with van der Waals surface area (Å²) in [6.45, 7) is 4.64. The quantitative estimate of drug-likeness (QED) is 0.791. The minimum atomic E-state index is -0.151. The number of aromatic nitrogens is 2. The van der Waals surface area contributed by atoms with Gasteiger partial charge in [-0.15, -0.1) is 0 Å². The summed E-state index contributed by atoms with van der Waals surface area (Å²) >= 11 is 2.01. The van der Waals surface area contributed by atoms with Crippen LogP contribution in [0.4, 0.5) is 5.69 Å². The highest BCUT2D eigenvalue weighted by molar-refractivity contribution is 7.99. The normalized spacial score (nSPS) is 22.5. The standard InChI is InChI=1S/C14H19N3OS/c1-14(2)6-10(7-19-8-14)15-9-3-4-11-12(5-9)17-13(18)16-11/h3-5,10,15H,6-8H2,1-2H3,(H2,16,17,18). The van der Waals surface area contributed by atoms with Gasteiger partial charge in [0.05, 0.1) is 11.0 Å². The molecule has 0 radical (unpaired) electrons. The lowest BCUT2D eigenvalue weighted by atomic mass is 9.88. The van der Waals surface area contributed by atoms with E-state index in [9.17, 15) is 4.79 Å². The largest absolute Gasteiger partial charge is 0.381 e. The number of hydrogen-bond donors (Lipinski definition) is 3. The number of aromatic amines is 2. The Kier molecular flexibility index (Phi) is 3.09. The highest BCUT2D eigenvalue weighted by Gasteiger charge is 2.28. The van der Waals surface area contributed by atoms with E-state index >= 15 is 0 Å². The third-order valence-corrected chi connectivity index (χ3v) is 5.12. The molecule has 1 aliphatic heterocycles. The number of anilines is 1. The summed E-state index contributed by atoms with van der Waals surface area (Å²) in [5.74, 6) is 2.38. The predicted molar refractivity (Wildman–Crippen MR) is 82.1 cm³/mol. The molecule has 1 aromatic heterocycles. The van der Waals surface area contributed by atoms with Gasteiger partial charge >= 0.3 is 5.69 Å². The highest BCUT2D eigenvalue weighted by atomic mass is 32.2. The minimum Gasteiger partial charge on any atom is -0.381 e. The Bertz CT molecular complexity index is 643. The zero-order valence-corrected chi connectivity index (χ0v) is 12.1. The van der Waals surface area contributed by atoms with Gasteiger partial charge in [0.1, 0.15) is 0 Å². The van der Waals surface area contributed by atoms with Gasteiger partial charge in [-0.05, 0) is 35.8 Å². The second-order valence-corrected chi connectivity index (χ2v) is 7.09. The lowest BCUT2D eigenvalue weighted by molar-refractivity contribution is 0.358. The first-order valence-electron chi connectivity index (χ1n) is 6.58. The second kappa shape index (κ2) is 4.63. The van der Waals surface area contributed by atoms with Crippen molar-refractivity contribution in [3.63, 3.8) is 0 Å². The van der Waals surface area contributed by atoms with Crippen molar-refractivity contribution in [2.45, 2.75) is 26.3 Å². The lowest BCUT2D eigenvalue weighted by Gasteiger charge is -2.35. The van der Waals surface area contributed by atoms with Crippen molar-refractivity contribution in [1.29, 1.82) is 0 Å². The molecule has 102 valence electrons. The number of fused-ring (bicyclic) bond motifs is 1. The molecule has 3 rings (SSSR count). The number of nitrogens with one attached hydrogen (secondary N) is 3. The van der Waals surface area contributed by atoms with E-state index in [-0.39, 0.29) is 5.69 Å². The fourth-order valence-electron chi connectivity index (χ4n) is 2.71. The maximum atomic E-state index is 11.2. The van der Waals surface area contributed by atoms with E-state index < -0.39 is 0 Å². The average Bonchev–Trinajstić information content (AvgIpc) is 2.67. The van der Waals surface area contributed by atoms with Crippen LogP contribution in [0.5, 0.6) is 0 Å². The van der Waals surface area contributed by atoms with Crippen LogP contribution in [0.25, 0.3) is 11.0 Å². The van der Waals surface area contributed by atoms with Gasteiger partial charge in [0.2, 0.25) is 0 Å². The number of imidazole rings is 1. The molecule has 19 heavy (non-hydrogen) atoms. The molecule has 0 amide bonds. The van der Waals surface area contributed by atoms with Gasteiger partial charge in [0, 0.05) is 17.5 Å². The third kappa shape index (κ3) is 2.81. The van der Waals surface area contributed by atoms with E-state index in [1.807, 2.05) is 30.0 Å². The van der Waals surface area contributed by atoms with Gasteiger partial charge in [-0.25, -0.2) is 4.79 Å². The smallest absolute Gasteiger partial charge is 0.323 e. The Hall–Kier alpha value is -1.36. The van der Waals surface area contributed by atoms with E-state index in [0.717, 1.165) is 22.5 Å². The monoisotopic (exact) mass is 277 g/mol. The van der Waals surface area contributed by atoms with E-state index in [1.54, 1.807) is 0 Å². The molecule has 4 nitrogen and oxygen atoms in total. The van der Waals surface area contributed by atoms with E-state index in [1.165, 1.54) is 12.2 Å². The van der Waals surface area contributed by atoms with E-state index in [0.29, 0.717) is 11.5 Å². The van der Waals surface area contributed by atoms with Crippen LogP contribution in [0.1, 0.15) is 20.3 Å². The first-order chi connectivity index (χ1) is 9.02. The highest BCUT2D eigenvalue weighted by Crippen LogP contribution is 2.34. The van der Waals surface area contributed by atoms with Crippen LogP contribution >= 0.6 is 11.8 Å². The summed E-state index contributed by atoms with van der Waals surface area (Å²) in [6.07, 6.45) is 1.18. The molecule has 2 heterocycles. The molecular weight excluding hydrogens is 258 g/mol. The summed E-state index contributed by atoms with van der Waals surface area (Å²) in [5.41, 5.74) is 3.03. The summed E-state index contributed by atoms with van der Waals surface area (Å²) in [4.78, 5) is 16.8. The molecular formula is C14H19N3OS. The summed E-state index contributed by atoms with van der Waals surface area (Å²) in [6, 6.07) is 6.46. The first-order valence-corrected chi connectivity index (χ1v) is 7.74. The number of hydrogen-bond acceptors (Lipinski definition) is 3. The summed E-state index contributed by atoms with van der Waals surface area (Å²) < 4.78 is 0. The topological polar surface area (TPSA) is 60.7 Å². The third-order valence-electron chi connectivity index (χ3n) is 3.50. The van der Waals surface area contributed by atoms with Gasteiger partial charge < -0.3 is 15.3 Å². The van der Waals surface area contributed by atoms with Crippen molar-refractivity contribution >= 4 is 28.5 Å². The number of rotatable bonds is 2. The van der Waals surface area contributed by atoms with Crippen molar-refractivity contribution in [2.75, 3.05) is 16.8 Å². The number of thioether (sulfide) groups is 1. The zero-order valence-electron chi connectivity index (χ0n) is 11.2. The van der Waals surface area contributed by atoms with Crippen LogP contribution in [0.2, 0.25) is 0 Å². The van der Waals surface area contributed by atoms with Gasteiger partial charge in [0.25, 0.3) is 0 Å². The van der Waals surface area contributed by atoms with E-state index in [4.69, 9.17) is 0 Å². The van der Waals surface area contributed by atoms with Crippen LogP contribution in [-0.2, 0) is 0 Å². The molecule has 1 unspecified atom stereocenters. The molecule has 1 saturated heterocycles. The Labute approximate surface area is 116 Å².